The van der Waals surface area contributed by atoms with E-state index in [4.69, 9.17) is 0 Å². The number of Topliss-reactive ketones (excluding diaryl/α,β-unsaturated/α-hetero) is 1. The zero-order valence-corrected chi connectivity index (χ0v) is 18.8. The largest absolute Gasteiger partial charge is 0.331 e. The number of carbonyl (C=O) groups is 1. The molecule has 0 amide bonds. The van der Waals surface area contributed by atoms with Gasteiger partial charge in [-0.3, -0.25) is 4.79 Å². The fraction of sp³-hybridized carbons (Fsp3) is 0.880. The fourth-order valence-corrected chi connectivity index (χ4v) is 4.11. The predicted molar refractivity (Wildman–Crippen MR) is 119 cm³/mol. The van der Waals surface area contributed by atoms with Crippen LogP contribution in [0.25, 0.3) is 0 Å². The van der Waals surface area contributed by atoms with Crippen molar-refractivity contribution >= 4 is 5.78 Å². The van der Waals surface area contributed by atoms with Crippen LogP contribution < -0.4 is 0 Å². The molecule has 158 valence electrons. The van der Waals surface area contributed by atoms with Gasteiger partial charge in [0.15, 0.2) is 0 Å². The molecule has 1 rings (SSSR count). The van der Waals surface area contributed by atoms with Gasteiger partial charge in [-0.05, 0) is 44.4 Å². The first-order chi connectivity index (χ1) is 13.0. The van der Waals surface area contributed by atoms with Crippen molar-refractivity contribution in [3.8, 4) is 0 Å². The normalized spacial score (nSPS) is 16.9. The number of hydrogen-bond acceptors (Lipinski definition) is 1. The van der Waals surface area contributed by atoms with Crippen molar-refractivity contribution in [2.24, 2.45) is 5.92 Å². The van der Waals surface area contributed by atoms with E-state index in [9.17, 15) is 4.79 Å². The van der Waals surface area contributed by atoms with Crippen LogP contribution in [0.15, 0.2) is 12.2 Å². The van der Waals surface area contributed by atoms with E-state index in [0.717, 1.165) is 36.1 Å². The van der Waals surface area contributed by atoms with Crippen molar-refractivity contribution in [1.29, 1.82) is 0 Å². The van der Waals surface area contributed by atoms with Crippen molar-refractivity contribution in [3.05, 3.63) is 12.2 Å². The number of allylic oxidation sites excluding steroid dienone is 2. The second kappa shape index (κ2) is 15.3. The van der Waals surface area contributed by atoms with Gasteiger partial charge in [-0.2, -0.15) is 0 Å². The van der Waals surface area contributed by atoms with E-state index < -0.39 is 0 Å². The molecule has 0 aliphatic heterocycles. The summed E-state index contributed by atoms with van der Waals surface area (Å²) in [5.41, 5.74) is 0. The van der Waals surface area contributed by atoms with Gasteiger partial charge >= 0.3 is 0 Å². The van der Waals surface area contributed by atoms with E-state index in [0.29, 0.717) is 5.78 Å². The molecule has 2 nitrogen and oxygen atoms in total. The molecule has 27 heavy (non-hydrogen) atoms. The molecule has 0 aromatic heterocycles. The molecule has 0 saturated carbocycles. The van der Waals surface area contributed by atoms with Crippen molar-refractivity contribution in [2.45, 2.75) is 109 Å². The van der Waals surface area contributed by atoms with Crippen molar-refractivity contribution in [1.82, 2.24) is 0 Å². The van der Waals surface area contributed by atoms with E-state index in [1.807, 2.05) is 0 Å². The van der Waals surface area contributed by atoms with Crippen LogP contribution in [0.5, 0.6) is 0 Å². The highest BCUT2D eigenvalue weighted by Gasteiger charge is 2.08. The van der Waals surface area contributed by atoms with Gasteiger partial charge in [0.1, 0.15) is 5.78 Å². The topological polar surface area (TPSA) is 17.1 Å². The maximum absolute atomic E-state index is 11.9. The number of unbranched alkanes of at least 4 members (excludes halogenated alkanes) is 10. The van der Waals surface area contributed by atoms with Crippen LogP contribution in [0.3, 0.4) is 0 Å². The molecule has 0 saturated heterocycles. The third-order valence-electron chi connectivity index (χ3n) is 5.93. The highest BCUT2D eigenvalue weighted by Crippen LogP contribution is 2.23. The molecule has 1 aliphatic rings. The lowest BCUT2D eigenvalue weighted by molar-refractivity contribution is -0.870. The molecule has 0 spiro atoms. The van der Waals surface area contributed by atoms with Crippen LogP contribution in [0.4, 0.5) is 0 Å². The molecule has 0 unspecified atom stereocenters. The number of ketones is 1. The Morgan fingerprint density at radius 1 is 0.778 bits per heavy atom. The Morgan fingerprint density at radius 3 is 1.81 bits per heavy atom. The van der Waals surface area contributed by atoms with Gasteiger partial charge in [0.25, 0.3) is 0 Å². The Bertz CT molecular complexity index is 394. The molecule has 1 aliphatic carbocycles. The zero-order valence-electron chi connectivity index (χ0n) is 18.8. The fourth-order valence-electron chi connectivity index (χ4n) is 4.11. The zero-order chi connectivity index (χ0) is 19.8. The van der Waals surface area contributed by atoms with E-state index in [-0.39, 0.29) is 0 Å². The first-order valence-electron chi connectivity index (χ1n) is 12.0. The summed E-state index contributed by atoms with van der Waals surface area (Å²) in [4.78, 5) is 11.9. The van der Waals surface area contributed by atoms with Crippen LogP contribution in [0.1, 0.15) is 109 Å². The number of nitrogens with zero attached hydrogens (tertiary/aromatic N) is 1. The van der Waals surface area contributed by atoms with Gasteiger partial charge in [-0.1, -0.05) is 69.9 Å². The summed E-state index contributed by atoms with van der Waals surface area (Å²) in [6.07, 6.45) is 26.4. The van der Waals surface area contributed by atoms with E-state index in [2.05, 4.69) is 33.3 Å². The van der Waals surface area contributed by atoms with Gasteiger partial charge in [0.05, 0.1) is 27.7 Å². The van der Waals surface area contributed by atoms with Crippen LogP contribution in [0.2, 0.25) is 0 Å². The molecule has 0 heterocycles. The van der Waals surface area contributed by atoms with Gasteiger partial charge in [-0.25, -0.2) is 0 Å². The van der Waals surface area contributed by atoms with Crippen LogP contribution >= 0.6 is 0 Å². The van der Waals surface area contributed by atoms with Gasteiger partial charge in [0.2, 0.25) is 0 Å². The smallest absolute Gasteiger partial charge is 0.132 e. The minimum absolute atomic E-state index is 0.490. The molecule has 0 aromatic carbocycles. The van der Waals surface area contributed by atoms with E-state index in [1.165, 1.54) is 90.0 Å². The first kappa shape index (κ1) is 24.4. The summed E-state index contributed by atoms with van der Waals surface area (Å²) in [6.45, 7) is 1.17. The number of carbonyl (C=O) groups excluding carboxylic acids is 1. The first-order valence-corrected chi connectivity index (χ1v) is 12.0. The van der Waals surface area contributed by atoms with Crippen LogP contribution in [-0.2, 0) is 4.79 Å². The average Bonchev–Trinajstić information content (AvgIpc) is 3.12. The lowest BCUT2D eigenvalue weighted by atomic mass is 9.99. The molecule has 0 N–H and O–H groups in total. The Kier molecular flexibility index (Phi) is 13.8. The third-order valence-corrected chi connectivity index (χ3v) is 5.93. The van der Waals surface area contributed by atoms with Gasteiger partial charge in [0, 0.05) is 12.8 Å². The minimum atomic E-state index is 0.490. The van der Waals surface area contributed by atoms with Crippen molar-refractivity contribution in [2.75, 3.05) is 27.7 Å². The summed E-state index contributed by atoms with van der Waals surface area (Å²) in [6, 6.07) is 0. The van der Waals surface area contributed by atoms with Crippen molar-refractivity contribution in [3.63, 3.8) is 0 Å². The Hall–Kier alpha value is -0.630. The average molecular weight is 379 g/mol. The summed E-state index contributed by atoms with van der Waals surface area (Å²) in [7, 11) is 6.66. The Balaban J connectivity index is 1.74. The molecule has 1 atom stereocenters. The summed E-state index contributed by atoms with van der Waals surface area (Å²) in [5.74, 6) is 1.39. The molecule has 0 aromatic rings. The lowest BCUT2D eigenvalue weighted by Gasteiger charge is -2.23. The third kappa shape index (κ3) is 16.1. The van der Waals surface area contributed by atoms with Crippen LogP contribution in [-0.4, -0.2) is 38.0 Å². The second-order valence-corrected chi connectivity index (χ2v) is 9.85. The molecule has 0 bridgehead atoms. The standard InChI is InChI=1S/C25H48NO/c1-26(2,3)23-17-16-22-25(27)21-13-11-9-7-5-4-6-8-10-12-18-24-19-14-15-20-24/h14,19,24H,4-13,15-18,20-23H2,1-3H3/q+1/t24-/m0/s1. The van der Waals surface area contributed by atoms with Crippen LogP contribution in [0, 0.1) is 5.92 Å². The summed E-state index contributed by atoms with van der Waals surface area (Å²) in [5, 5.41) is 0. The molecular weight excluding hydrogens is 330 g/mol. The number of quaternary nitrogens is 1. The van der Waals surface area contributed by atoms with Gasteiger partial charge < -0.3 is 4.48 Å². The number of rotatable bonds is 18. The SMILES string of the molecule is C[N+](C)(C)CCCCC(=O)CCCCCCCCCCCC[C@H]1C=CCC1. The highest BCUT2D eigenvalue weighted by atomic mass is 16.1. The molecule has 0 radical (unpaired) electrons. The van der Waals surface area contributed by atoms with E-state index >= 15 is 0 Å². The molecular formula is C25H48NO+. The molecule has 0 fully saturated rings. The summed E-state index contributed by atoms with van der Waals surface area (Å²) >= 11 is 0. The maximum atomic E-state index is 11.9. The van der Waals surface area contributed by atoms with Gasteiger partial charge in [-0.15, -0.1) is 0 Å². The molecule has 2 heteroatoms. The Morgan fingerprint density at radius 2 is 1.30 bits per heavy atom. The highest BCUT2D eigenvalue weighted by molar-refractivity contribution is 5.78. The number of hydrogen-bond donors (Lipinski definition) is 0. The monoisotopic (exact) mass is 378 g/mol. The maximum Gasteiger partial charge on any atom is 0.132 e. The van der Waals surface area contributed by atoms with Crippen molar-refractivity contribution < 1.29 is 9.28 Å². The van der Waals surface area contributed by atoms with E-state index in [1.54, 1.807) is 0 Å². The summed E-state index contributed by atoms with van der Waals surface area (Å²) < 4.78 is 1.01. The Labute approximate surface area is 170 Å². The predicted octanol–water partition coefficient (Wildman–Crippen LogP) is 7.08. The second-order valence-electron chi connectivity index (χ2n) is 9.85. The quantitative estimate of drug-likeness (QED) is 0.141. The minimum Gasteiger partial charge on any atom is -0.331 e. The lowest BCUT2D eigenvalue weighted by Crippen LogP contribution is -2.35.